The Bertz CT molecular complexity index is 227. The maximum atomic E-state index is 10.1. The van der Waals surface area contributed by atoms with E-state index in [-0.39, 0.29) is 19.8 Å². The molecular formula is C11H20O6. The second-order valence-corrected chi connectivity index (χ2v) is 3.44. The molecule has 100 valence electrons. The summed E-state index contributed by atoms with van der Waals surface area (Å²) in [5.74, 6) is -1.33. The van der Waals surface area contributed by atoms with Gasteiger partial charge in [0.1, 0.15) is 0 Å². The smallest absolute Gasteiger partial charge is 0.337 e. The highest BCUT2D eigenvalue weighted by molar-refractivity contribution is 5.90. The first kappa shape index (κ1) is 18.1. The summed E-state index contributed by atoms with van der Waals surface area (Å²) in [7, 11) is 0. The van der Waals surface area contributed by atoms with E-state index in [0.29, 0.717) is 6.42 Å². The van der Waals surface area contributed by atoms with Crippen LogP contribution in [-0.4, -0.2) is 47.1 Å². The van der Waals surface area contributed by atoms with Gasteiger partial charge in [-0.05, 0) is 6.42 Å². The third-order valence-electron chi connectivity index (χ3n) is 2.17. The molecule has 0 spiro atoms. The normalized spacial score (nSPS) is 9.94. The number of carbonyl (C=O) groups is 2. The number of aliphatic hydroxyl groups excluding tert-OH is 3. The van der Waals surface area contributed by atoms with E-state index >= 15 is 0 Å². The predicted octanol–water partition coefficient (Wildman–Crippen LogP) is -0.378. The number of esters is 2. The van der Waals surface area contributed by atoms with Crippen LogP contribution in [0.3, 0.4) is 0 Å². The molecule has 0 unspecified atom stereocenters. The molecule has 0 saturated carbocycles. The van der Waals surface area contributed by atoms with Gasteiger partial charge in [-0.2, -0.15) is 0 Å². The molecule has 0 heterocycles. The van der Waals surface area contributed by atoms with Crippen molar-refractivity contribution < 1.29 is 29.6 Å². The van der Waals surface area contributed by atoms with Gasteiger partial charge in [0.05, 0.1) is 19.8 Å². The van der Waals surface area contributed by atoms with Gasteiger partial charge in [0.25, 0.3) is 0 Å². The molecule has 0 aromatic carbocycles. The van der Waals surface area contributed by atoms with Gasteiger partial charge in [-0.1, -0.05) is 13.5 Å². The van der Waals surface area contributed by atoms with E-state index in [1.54, 1.807) is 0 Å². The first-order valence-electron chi connectivity index (χ1n) is 5.08. The van der Waals surface area contributed by atoms with E-state index in [1.165, 1.54) is 0 Å². The number of carbonyl (C=O) groups excluding carboxylic acids is 2. The molecule has 0 bridgehead atoms. The minimum Gasteiger partial charge on any atom is -0.396 e. The molecule has 0 aromatic rings. The van der Waals surface area contributed by atoms with Crippen molar-refractivity contribution in [2.75, 3.05) is 19.8 Å². The summed E-state index contributed by atoms with van der Waals surface area (Å²) in [5, 5.41) is 26.0. The Kier molecular flexibility index (Phi) is 10.6. The van der Waals surface area contributed by atoms with Crippen LogP contribution in [0.2, 0.25) is 0 Å². The van der Waals surface area contributed by atoms with Gasteiger partial charge in [-0.15, -0.1) is 0 Å². The first-order valence-corrected chi connectivity index (χ1v) is 5.08. The summed E-state index contributed by atoms with van der Waals surface area (Å²) in [4.78, 5) is 20.0. The van der Waals surface area contributed by atoms with Crippen molar-refractivity contribution in [2.45, 2.75) is 20.3 Å². The highest BCUT2D eigenvalue weighted by atomic mass is 16.6. The van der Waals surface area contributed by atoms with Crippen LogP contribution in [-0.2, 0) is 14.3 Å². The Morgan fingerprint density at radius 1 is 1.24 bits per heavy atom. The zero-order valence-corrected chi connectivity index (χ0v) is 10.2. The zero-order chi connectivity index (χ0) is 13.9. The molecule has 0 fully saturated rings. The summed E-state index contributed by atoms with van der Waals surface area (Å²) < 4.78 is 4.00. The Labute approximate surface area is 101 Å². The third-order valence-corrected chi connectivity index (χ3v) is 2.17. The van der Waals surface area contributed by atoms with Crippen LogP contribution >= 0.6 is 0 Å². The van der Waals surface area contributed by atoms with Gasteiger partial charge >= 0.3 is 11.9 Å². The van der Waals surface area contributed by atoms with Crippen LogP contribution in [0.1, 0.15) is 20.3 Å². The molecule has 0 aliphatic heterocycles. The maximum absolute atomic E-state index is 10.1. The highest BCUT2D eigenvalue weighted by Gasteiger charge is 2.24. The van der Waals surface area contributed by atoms with Crippen LogP contribution < -0.4 is 0 Å². The summed E-state index contributed by atoms with van der Waals surface area (Å²) in [6.07, 6.45) is 1.53. The van der Waals surface area contributed by atoms with E-state index in [9.17, 15) is 9.59 Å². The van der Waals surface area contributed by atoms with Crippen molar-refractivity contribution in [1.82, 2.24) is 0 Å². The number of hydrogen-bond acceptors (Lipinski definition) is 6. The summed E-state index contributed by atoms with van der Waals surface area (Å²) >= 11 is 0. The molecule has 0 amide bonds. The second-order valence-electron chi connectivity index (χ2n) is 3.44. The van der Waals surface area contributed by atoms with Gasteiger partial charge in [-0.3, -0.25) is 4.79 Å². The third kappa shape index (κ3) is 8.56. The van der Waals surface area contributed by atoms with Gasteiger partial charge in [-0.25, -0.2) is 4.79 Å². The predicted molar refractivity (Wildman–Crippen MR) is 61.0 cm³/mol. The lowest BCUT2D eigenvalue weighted by molar-refractivity contribution is -0.154. The van der Waals surface area contributed by atoms with Crippen molar-refractivity contribution in [3.05, 3.63) is 12.7 Å². The van der Waals surface area contributed by atoms with E-state index < -0.39 is 17.4 Å². The molecule has 6 nitrogen and oxygen atoms in total. The standard InChI is InChI=1S/C6H14O3.C5H6O3/c1-2-6(3-7,4-8)5-9;1-3-5(7)8-4(2)6/h7-9H,2-5H2,1H3;3H,1H2,2H3. The lowest BCUT2D eigenvalue weighted by atomic mass is 9.88. The fourth-order valence-electron chi connectivity index (χ4n) is 0.669. The quantitative estimate of drug-likeness (QED) is 0.348. The fourth-order valence-corrected chi connectivity index (χ4v) is 0.669. The van der Waals surface area contributed by atoms with Crippen molar-refractivity contribution >= 4 is 11.9 Å². The minimum atomic E-state index is -0.711. The van der Waals surface area contributed by atoms with Gasteiger partial charge < -0.3 is 20.1 Å². The number of aliphatic hydroxyl groups is 3. The van der Waals surface area contributed by atoms with E-state index in [4.69, 9.17) is 15.3 Å². The van der Waals surface area contributed by atoms with Crippen LogP contribution in [0.4, 0.5) is 0 Å². The average molecular weight is 248 g/mol. The molecule has 0 atom stereocenters. The average Bonchev–Trinajstić information content (AvgIpc) is 2.33. The molecule has 0 aromatic heterocycles. The SMILES string of the molecule is C=CC(=O)OC(C)=O.CCC(CO)(CO)CO. The Morgan fingerprint density at radius 3 is 1.71 bits per heavy atom. The Hall–Kier alpha value is -1.24. The van der Waals surface area contributed by atoms with Gasteiger partial charge in [0.15, 0.2) is 0 Å². The lowest BCUT2D eigenvalue weighted by Crippen LogP contribution is -2.32. The summed E-state index contributed by atoms with van der Waals surface area (Å²) in [6.45, 7) is 5.59. The molecule has 0 rings (SSSR count). The topological polar surface area (TPSA) is 104 Å². The molecule has 0 aliphatic carbocycles. The van der Waals surface area contributed by atoms with Gasteiger partial charge in [0, 0.05) is 18.4 Å². The molecule has 6 heteroatoms. The Morgan fingerprint density at radius 2 is 1.65 bits per heavy atom. The molecular weight excluding hydrogens is 228 g/mol. The molecule has 0 aliphatic rings. The van der Waals surface area contributed by atoms with E-state index in [2.05, 4.69) is 11.3 Å². The maximum Gasteiger partial charge on any atom is 0.337 e. The fraction of sp³-hybridized carbons (Fsp3) is 0.636. The Balaban J connectivity index is 0. The molecule has 3 N–H and O–H groups in total. The monoisotopic (exact) mass is 248 g/mol. The molecule has 17 heavy (non-hydrogen) atoms. The van der Waals surface area contributed by atoms with E-state index in [1.807, 2.05) is 6.92 Å². The van der Waals surface area contributed by atoms with Gasteiger partial charge in [0.2, 0.25) is 0 Å². The van der Waals surface area contributed by atoms with Crippen molar-refractivity contribution in [3.63, 3.8) is 0 Å². The molecule has 0 saturated heterocycles. The summed E-state index contributed by atoms with van der Waals surface area (Å²) in [5.41, 5.74) is -0.667. The number of ether oxygens (including phenoxy) is 1. The first-order chi connectivity index (χ1) is 7.91. The van der Waals surface area contributed by atoms with Crippen LogP contribution in [0, 0.1) is 5.41 Å². The van der Waals surface area contributed by atoms with Crippen LogP contribution in [0.5, 0.6) is 0 Å². The van der Waals surface area contributed by atoms with Crippen LogP contribution in [0.15, 0.2) is 12.7 Å². The lowest BCUT2D eigenvalue weighted by Gasteiger charge is -2.24. The zero-order valence-electron chi connectivity index (χ0n) is 10.2. The van der Waals surface area contributed by atoms with E-state index in [0.717, 1.165) is 13.0 Å². The van der Waals surface area contributed by atoms with Crippen LogP contribution in [0.25, 0.3) is 0 Å². The number of hydrogen-bond donors (Lipinski definition) is 3. The summed E-state index contributed by atoms with van der Waals surface area (Å²) in [6, 6.07) is 0. The second kappa shape index (κ2) is 9.95. The minimum absolute atomic E-state index is 0.156. The van der Waals surface area contributed by atoms with Crippen molar-refractivity contribution in [2.24, 2.45) is 5.41 Å². The highest BCUT2D eigenvalue weighted by Crippen LogP contribution is 2.18. The molecule has 0 radical (unpaired) electrons. The largest absolute Gasteiger partial charge is 0.396 e. The van der Waals surface area contributed by atoms with Crippen molar-refractivity contribution in [1.29, 1.82) is 0 Å². The van der Waals surface area contributed by atoms with Crippen molar-refractivity contribution in [3.8, 4) is 0 Å². The number of rotatable bonds is 5.